The highest BCUT2D eigenvalue weighted by Crippen LogP contribution is 2.20. The van der Waals surface area contributed by atoms with Crippen molar-refractivity contribution in [1.29, 1.82) is 0 Å². The third kappa shape index (κ3) is 4.55. The van der Waals surface area contributed by atoms with Gasteiger partial charge in [0.25, 0.3) is 0 Å². The van der Waals surface area contributed by atoms with Gasteiger partial charge >= 0.3 is 6.03 Å². The molecule has 7 nitrogen and oxygen atoms in total. The standard InChI is InChI=1S/C18H26N4O3S/c1-14(23)20-7-9-21(10-8-20)17(24)15-4-2-6-22(13-15)18(25)19-12-16-5-3-11-26-16/h3,5,11,15H,2,4,6-10,12-13H2,1H3,(H,19,25). The molecule has 4 amide bonds. The van der Waals surface area contributed by atoms with Gasteiger partial charge in [0.2, 0.25) is 11.8 Å². The van der Waals surface area contributed by atoms with Gasteiger partial charge in [-0.15, -0.1) is 11.3 Å². The van der Waals surface area contributed by atoms with Crippen molar-refractivity contribution in [1.82, 2.24) is 20.0 Å². The summed E-state index contributed by atoms with van der Waals surface area (Å²) in [6, 6.07) is 3.86. The second kappa shape index (κ2) is 8.53. The summed E-state index contributed by atoms with van der Waals surface area (Å²) in [7, 11) is 0. The Bertz CT molecular complexity index is 641. The Morgan fingerprint density at radius 1 is 1.12 bits per heavy atom. The number of nitrogens with zero attached hydrogens (tertiary/aromatic N) is 3. The quantitative estimate of drug-likeness (QED) is 0.863. The molecule has 2 saturated heterocycles. The first-order valence-corrected chi connectivity index (χ1v) is 10.0. The molecule has 1 aromatic rings. The highest BCUT2D eigenvalue weighted by atomic mass is 32.1. The maximum atomic E-state index is 12.8. The Balaban J connectivity index is 1.49. The van der Waals surface area contributed by atoms with Crippen LogP contribution in [0.1, 0.15) is 24.6 Å². The second-order valence-corrected chi connectivity index (χ2v) is 7.89. The topological polar surface area (TPSA) is 73.0 Å². The van der Waals surface area contributed by atoms with Gasteiger partial charge in [-0.3, -0.25) is 9.59 Å². The predicted molar refractivity (Wildman–Crippen MR) is 99.7 cm³/mol. The van der Waals surface area contributed by atoms with E-state index in [4.69, 9.17) is 0 Å². The van der Waals surface area contributed by atoms with Crippen LogP contribution < -0.4 is 5.32 Å². The molecular formula is C18H26N4O3S. The normalized spacial score (nSPS) is 20.8. The number of thiophene rings is 1. The minimum absolute atomic E-state index is 0.0587. The summed E-state index contributed by atoms with van der Waals surface area (Å²) < 4.78 is 0. The molecule has 26 heavy (non-hydrogen) atoms. The van der Waals surface area contributed by atoms with E-state index in [0.29, 0.717) is 45.8 Å². The van der Waals surface area contributed by atoms with E-state index in [1.807, 2.05) is 22.4 Å². The molecule has 3 heterocycles. The molecule has 1 unspecified atom stereocenters. The van der Waals surface area contributed by atoms with Crippen LogP contribution in [0, 0.1) is 5.92 Å². The van der Waals surface area contributed by atoms with Crippen LogP contribution in [0.25, 0.3) is 0 Å². The number of carbonyl (C=O) groups excluding carboxylic acids is 3. The molecule has 8 heteroatoms. The van der Waals surface area contributed by atoms with Gasteiger partial charge in [0, 0.05) is 51.1 Å². The smallest absolute Gasteiger partial charge is 0.317 e. The fourth-order valence-electron chi connectivity index (χ4n) is 3.55. The molecule has 1 aromatic heterocycles. The number of urea groups is 1. The molecule has 2 aliphatic rings. The minimum Gasteiger partial charge on any atom is -0.339 e. The van der Waals surface area contributed by atoms with Gasteiger partial charge in [0.1, 0.15) is 0 Å². The molecule has 1 atom stereocenters. The lowest BCUT2D eigenvalue weighted by atomic mass is 9.96. The van der Waals surface area contributed by atoms with Crippen molar-refractivity contribution < 1.29 is 14.4 Å². The third-order valence-electron chi connectivity index (χ3n) is 5.09. The van der Waals surface area contributed by atoms with Crippen LogP contribution >= 0.6 is 11.3 Å². The molecule has 0 saturated carbocycles. The van der Waals surface area contributed by atoms with Crippen LogP contribution in [0.3, 0.4) is 0 Å². The first-order chi connectivity index (χ1) is 12.5. The number of hydrogen-bond acceptors (Lipinski definition) is 4. The Kier molecular flexibility index (Phi) is 6.13. The maximum absolute atomic E-state index is 12.8. The zero-order valence-corrected chi connectivity index (χ0v) is 16.0. The third-order valence-corrected chi connectivity index (χ3v) is 5.96. The number of carbonyl (C=O) groups is 3. The molecular weight excluding hydrogens is 352 g/mol. The number of amides is 4. The average Bonchev–Trinajstić information content (AvgIpc) is 3.19. The lowest BCUT2D eigenvalue weighted by molar-refractivity contribution is -0.142. The Hall–Kier alpha value is -2.09. The zero-order valence-electron chi connectivity index (χ0n) is 15.1. The molecule has 142 valence electrons. The van der Waals surface area contributed by atoms with Crippen LogP contribution in [0.15, 0.2) is 17.5 Å². The number of hydrogen-bond donors (Lipinski definition) is 1. The molecule has 2 aliphatic heterocycles. The average molecular weight is 378 g/mol. The first-order valence-electron chi connectivity index (χ1n) is 9.14. The fourth-order valence-corrected chi connectivity index (χ4v) is 4.20. The molecule has 3 rings (SSSR count). The summed E-state index contributed by atoms with van der Waals surface area (Å²) in [4.78, 5) is 43.1. The van der Waals surface area contributed by atoms with E-state index >= 15 is 0 Å². The van der Waals surface area contributed by atoms with E-state index in [9.17, 15) is 14.4 Å². The largest absolute Gasteiger partial charge is 0.339 e. The molecule has 0 bridgehead atoms. The molecule has 0 aromatic carbocycles. The summed E-state index contributed by atoms with van der Waals surface area (Å²) >= 11 is 1.62. The Labute approximate surface area is 157 Å². The number of piperidine rings is 1. The van der Waals surface area contributed by atoms with Crippen LogP contribution in [-0.4, -0.2) is 71.8 Å². The van der Waals surface area contributed by atoms with E-state index in [2.05, 4.69) is 5.32 Å². The van der Waals surface area contributed by atoms with Crippen molar-refractivity contribution in [3.05, 3.63) is 22.4 Å². The summed E-state index contributed by atoms with van der Waals surface area (Å²) in [5.41, 5.74) is 0. The SMILES string of the molecule is CC(=O)N1CCN(C(=O)C2CCCN(C(=O)NCc3cccs3)C2)CC1. The van der Waals surface area contributed by atoms with Gasteiger partial charge in [0.05, 0.1) is 12.5 Å². The molecule has 2 fully saturated rings. The van der Waals surface area contributed by atoms with Crippen LogP contribution in [0.5, 0.6) is 0 Å². The summed E-state index contributed by atoms with van der Waals surface area (Å²) in [5.74, 6) is 0.0347. The zero-order chi connectivity index (χ0) is 18.5. The molecule has 0 aliphatic carbocycles. The van der Waals surface area contributed by atoms with Crippen molar-refractivity contribution in [3.8, 4) is 0 Å². The van der Waals surface area contributed by atoms with Gasteiger partial charge in [-0.1, -0.05) is 6.07 Å². The van der Waals surface area contributed by atoms with Gasteiger partial charge in [-0.05, 0) is 24.3 Å². The first kappa shape index (κ1) is 18.7. The van der Waals surface area contributed by atoms with Gasteiger partial charge in [-0.25, -0.2) is 4.79 Å². The lowest BCUT2D eigenvalue weighted by Gasteiger charge is -2.38. The second-order valence-electron chi connectivity index (χ2n) is 6.85. The molecule has 0 radical (unpaired) electrons. The molecule has 1 N–H and O–H groups in total. The highest BCUT2D eigenvalue weighted by Gasteiger charge is 2.32. The predicted octanol–water partition coefficient (Wildman–Crippen LogP) is 1.36. The summed E-state index contributed by atoms with van der Waals surface area (Å²) in [5, 5.41) is 4.93. The number of rotatable bonds is 3. The van der Waals surface area contributed by atoms with E-state index < -0.39 is 0 Å². The molecule has 0 spiro atoms. The summed E-state index contributed by atoms with van der Waals surface area (Å²) in [6.45, 7) is 5.61. The van der Waals surface area contributed by atoms with Crippen molar-refractivity contribution in [2.45, 2.75) is 26.3 Å². The van der Waals surface area contributed by atoms with Gasteiger partial charge in [-0.2, -0.15) is 0 Å². The lowest BCUT2D eigenvalue weighted by Crippen LogP contribution is -2.54. The van der Waals surface area contributed by atoms with Crippen molar-refractivity contribution in [2.24, 2.45) is 5.92 Å². The van der Waals surface area contributed by atoms with Crippen molar-refractivity contribution in [3.63, 3.8) is 0 Å². The van der Waals surface area contributed by atoms with E-state index in [1.54, 1.807) is 28.1 Å². The number of nitrogens with one attached hydrogen (secondary N) is 1. The van der Waals surface area contributed by atoms with Gasteiger partial charge in [0.15, 0.2) is 0 Å². The van der Waals surface area contributed by atoms with E-state index in [0.717, 1.165) is 17.7 Å². The summed E-state index contributed by atoms with van der Waals surface area (Å²) in [6.07, 6.45) is 1.66. The van der Waals surface area contributed by atoms with Crippen molar-refractivity contribution >= 4 is 29.2 Å². The van der Waals surface area contributed by atoms with Crippen LogP contribution in [0.2, 0.25) is 0 Å². The van der Waals surface area contributed by atoms with Gasteiger partial charge < -0.3 is 20.0 Å². The van der Waals surface area contributed by atoms with E-state index in [-0.39, 0.29) is 23.8 Å². The van der Waals surface area contributed by atoms with E-state index in [1.165, 1.54) is 0 Å². The fraction of sp³-hybridized carbons (Fsp3) is 0.611. The Morgan fingerprint density at radius 2 is 1.85 bits per heavy atom. The number of piperazine rings is 1. The monoisotopic (exact) mass is 378 g/mol. The highest BCUT2D eigenvalue weighted by molar-refractivity contribution is 7.09. The van der Waals surface area contributed by atoms with Crippen LogP contribution in [-0.2, 0) is 16.1 Å². The Morgan fingerprint density at radius 3 is 2.50 bits per heavy atom. The van der Waals surface area contributed by atoms with Crippen molar-refractivity contribution in [2.75, 3.05) is 39.3 Å². The van der Waals surface area contributed by atoms with Crippen LogP contribution in [0.4, 0.5) is 4.79 Å². The minimum atomic E-state index is -0.139. The number of likely N-dealkylation sites (tertiary alicyclic amines) is 1. The maximum Gasteiger partial charge on any atom is 0.317 e.